The normalized spacial score (nSPS) is 13.9. The van der Waals surface area contributed by atoms with E-state index < -0.39 is 16.5 Å². The predicted octanol–water partition coefficient (Wildman–Crippen LogP) is 7.10. The van der Waals surface area contributed by atoms with Crippen molar-refractivity contribution in [3.63, 3.8) is 0 Å². The Morgan fingerprint density at radius 3 is 2.66 bits per heavy atom. The van der Waals surface area contributed by atoms with Crippen molar-refractivity contribution >= 4 is 45.2 Å². The monoisotopic (exact) mass is 546 g/mol. The minimum atomic E-state index is -0.505. The number of hydrogen-bond donors (Lipinski definition) is 0. The average molecular weight is 547 g/mol. The van der Waals surface area contributed by atoms with Crippen LogP contribution >= 0.6 is 0 Å². The van der Waals surface area contributed by atoms with Crippen molar-refractivity contribution in [3.05, 3.63) is 126 Å². The molecule has 6 rings (SSSR count). The van der Waals surface area contributed by atoms with Crippen LogP contribution in [0.15, 0.2) is 75.9 Å². The zero-order valence-corrected chi connectivity index (χ0v) is 22.6. The van der Waals surface area contributed by atoms with Gasteiger partial charge in [-0.05, 0) is 85.2 Å². The van der Waals surface area contributed by atoms with Crippen molar-refractivity contribution in [1.29, 1.82) is 0 Å². The highest BCUT2D eigenvalue weighted by molar-refractivity contribution is 6.06. The van der Waals surface area contributed by atoms with Crippen molar-refractivity contribution in [1.82, 2.24) is 4.98 Å². The molecule has 1 aliphatic rings. The van der Waals surface area contributed by atoms with Crippen LogP contribution in [0.5, 0.6) is 0 Å². The van der Waals surface area contributed by atoms with Gasteiger partial charge in [-0.25, -0.2) is 14.6 Å². The van der Waals surface area contributed by atoms with Gasteiger partial charge in [0.05, 0.1) is 21.7 Å². The average Bonchev–Trinajstić information content (AvgIpc) is 2.96. The number of nitrogens with zero attached hydrogens (tertiary/aromatic N) is 2. The molecular weight excluding hydrogens is 520 g/mol. The molecule has 8 heteroatoms. The van der Waals surface area contributed by atoms with E-state index >= 15 is 0 Å². The number of pyridine rings is 1. The number of carbonyl (C=O) groups excluding carboxylic acids is 1. The molecule has 2 heterocycles. The first kappa shape index (κ1) is 26.1. The number of esters is 1. The third-order valence-electron chi connectivity index (χ3n) is 7.60. The molecule has 0 spiro atoms. The van der Waals surface area contributed by atoms with E-state index in [2.05, 4.69) is 0 Å². The summed E-state index contributed by atoms with van der Waals surface area (Å²) in [6.45, 7) is 3.83. The smallest absolute Gasteiger partial charge is 0.339 e. The number of hydrogen-bond acceptors (Lipinski definition) is 7. The van der Waals surface area contributed by atoms with Gasteiger partial charge < -0.3 is 9.15 Å². The second kappa shape index (κ2) is 10.5. The Hall–Kier alpha value is -5.11. The van der Waals surface area contributed by atoms with Crippen molar-refractivity contribution in [2.24, 2.45) is 0 Å². The van der Waals surface area contributed by atoms with Gasteiger partial charge in [0, 0.05) is 34.5 Å². The summed E-state index contributed by atoms with van der Waals surface area (Å²) in [7, 11) is 0. The molecule has 0 radical (unpaired) electrons. The Bertz CT molecular complexity index is 1970. The zero-order chi connectivity index (χ0) is 28.7. The summed E-state index contributed by atoms with van der Waals surface area (Å²) in [6, 6.07) is 19.0. The molecule has 3 aromatic carbocycles. The fourth-order valence-electron chi connectivity index (χ4n) is 5.46. The van der Waals surface area contributed by atoms with Gasteiger partial charge in [0.25, 0.3) is 5.69 Å². The fourth-order valence-corrected chi connectivity index (χ4v) is 5.46. The number of nitro benzene ring substituents is 1. The second-order valence-electron chi connectivity index (χ2n) is 10.3. The summed E-state index contributed by atoms with van der Waals surface area (Å²) in [5.41, 5.74) is 6.77. The lowest BCUT2D eigenvalue weighted by Gasteiger charge is -2.22. The highest BCUT2D eigenvalue weighted by Gasteiger charge is 2.26. The van der Waals surface area contributed by atoms with Gasteiger partial charge in [-0.3, -0.25) is 10.1 Å². The van der Waals surface area contributed by atoms with Crippen molar-refractivity contribution < 1.29 is 18.9 Å². The Kier molecular flexibility index (Phi) is 6.67. The summed E-state index contributed by atoms with van der Waals surface area (Å²) < 4.78 is 11.3. The minimum absolute atomic E-state index is 0.0129. The van der Waals surface area contributed by atoms with Gasteiger partial charge in [-0.2, -0.15) is 0 Å². The first-order chi connectivity index (χ1) is 19.8. The number of benzene rings is 3. The lowest BCUT2D eigenvalue weighted by atomic mass is 9.86. The zero-order valence-electron chi connectivity index (χ0n) is 22.6. The molecule has 0 fully saturated rings. The lowest BCUT2D eigenvalue weighted by Crippen LogP contribution is -2.16. The maximum atomic E-state index is 13.8. The van der Waals surface area contributed by atoms with E-state index in [-0.39, 0.29) is 12.3 Å². The van der Waals surface area contributed by atoms with Crippen molar-refractivity contribution in [2.45, 2.75) is 39.7 Å². The van der Waals surface area contributed by atoms with E-state index in [0.29, 0.717) is 45.3 Å². The molecule has 1 aliphatic carbocycles. The highest BCUT2D eigenvalue weighted by Crippen LogP contribution is 2.37. The first-order valence-electron chi connectivity index (χ1n) is 13.4. The molecule has 0 amide bonds. The summed E-state index contributed by atoms with van der Waals surface area (Å²) in [5.74, 6) is -0.498. The number of aryl methyl sites for hydroxylation is 2. The molecular formula is C33H26N2O6. The number of non-ortho nitro benzene ring substituents is 1. The predicted molar refractivity (Wildman–Crippen MR) is 157 cm³/mol. The maximum Gasteiger partial charge on any atom is 0.339 e. The second-order valence-corrected chi connectivity index (χ2v) is 10.3. The van der Waals surface area contributed by atoms with Crippen LogP contribution in [0.4, 0.5) is 5.69 Å². The van der Waals surface area contributed by atoms with E-state index in [1.54, 1.807) is 6.07 Å². The van der Waals surface area contributed by atoms with Gasteiger partial charge in [0.15, 0.2) is 0 Å². The van der Waals surface area contributed by atoms with Gasteiger partial charge in [-0.1, -0.05) is 30.3 Å². The summed E-state index contributed by atoms with van der Waals surface area (Å²) in [5, 5.41) is 12.7. The van der Waals surface area contributed by atoms with Gasteiger partial charge in [-0.15, -0.1) is 0 Å². The van der Waals surface area contributed by atoms with Crippen LogP contribution in [0.25, 0.3) is 33.5 Å². The SMILES string of the molecule is Cc1cc2oc(=O)cc(COC(=O)c3c4c(nc5ccccc35)/C(=C/c3cccc([N+](=O)[O-])c3)CCC4)c2cc1C. The Balaban J connectivity index is 1.42. The molecule has 2 aromatic heterocycles. The maximum absolute atomic E-state index is 13.8. The van der Waals surface area contributed by atoms with Gasteiger partial charge >= 0.3 is 11.6 Å². The van der Waals surface area contributed by atoms with E-state index in [0.717, 1.165) is 40.5 Å². The minimum Gasteiger partial charge on any atom is -0.457 e. The lowest BCUT2D eigenvalue weighted by molar-refractivity contribution is -0.384. The van der Waals surface area contributed by atoms with Crippen LogP contribution in [-0.2, 0) is 17.8 Å². The first-order valence-corrected chi connectivity index (χ1v) is 13.4. The molecule has 0 unspecified atom stereocenters. The molecule has 41 heavy (non-hydrogen) atoms. The fraction of sp³-hybridized carbons (Fsp3) is 0.182. The standard InChI is InChI=1S/C33H26N2O6/c1-19-13-27-23(17-30(36)41-29(27)14-20(19)2)18-40-33(37)31-25-10-3-4-12-28(25)34-32-22(8-6-11-26(31)32)15-21-7-5-9-24(16-21)35(38)39/h3-5,7,9-10,12-17H,6,8,11,18H2,1-2H3/b22-15+. The number of allylic oxidation sites excluding steroid dienone is 1. The van der Waals surface area contributed by atoms with Crippen LogP contribution in [0.3, 0.4) is 0 Å². The quantitative estimate of drug-likeness (QED) is 0.1000. The molecule has 8 nitrogen and oxygen atoms in total. The Morgan fingerprint density at radius 1 is 1.02 bits per heavy atom. The summed E-state index contributed by atoms with van der Waals surface area (Å²) in [6.07, 6.45) is 4.05. The Labute approximate surface area is 235 Å². The number of aromatic nitrogens is 1. The number of carbonyl (C=O) groups is 1. The molecule has 0 saturated heterocycles. The van der Waals surface area contributed by atoms with Crippen molar-refractivity contribution in [3.8, 4) is 0 Å². The van der Waals surface area contributed by atoms with Gasteiger partial charge in [0.1, 0.15) is 12.2 Å². The number of fused-ring (bicyclic) bond motifs is 3. The van der Waals surface area contributed by atoms with Crippen LogP contribution < -0.4 is 5.63 Å². The topological polar surface area (TPSA) is 113 Å². The van der Waals surface area contributed by atoms with E-state index in [9.17, 15) is 19.7 Å². The number of ether oxygens (including phenoxy) is 1. The molecule has 0 atom stereocenters. The molecule has 0 saturated carbocycles. The largest absolute Gasteiger partial charge is 0.457 e. The van der Waals surface area contributed by atoms with Gasteiger partial charge in [0.2, 0.25) is 0 Å². The molecule has 0 bridgehead atoms. The third-order valence-corrected chi connectivity index (χ3v) is 7.60. The molecule has 0 N–H and O–H groups in total. The van der Waals surface area contributed by atoms with Crippen LogP contribution in [0, 0.1) is 24.0 Å². The summed E-state index contributed by atoms with van der Waals surface area (Å²) in [4.78, 5) is 41.8. The van der Waals surface area contributed by atoms with Crippen molar-refractivity contribution in [2.75, 3.05) is 0 Å². The van der Waals surface area contributed by atoms with Crippen LogP contribution in [0.1, 0.15) is 56.7 Å². The van der Waals surface area contributed by atoms with Crippen LogP contribution in [0.2, 0.25) is 0 Å². The van der Waals surface area contributed by atoms with E-state index in [1.165, 1.54) is 18.2 Å². The summed E-state index contributed by atoms with van der Waals surface area (Å²) >= 11 is 0. The highest BCUT2D eigenvalue weighted by atomic mass is 16.6. The molecule has 5 aromatic rings. The third kappa shape index (κ3) is 5.00. The Morgan fingerprint density at radius 2 is 1.83 bits per heavy atom. The van der Waals surface area contributed by atoms with E-state index in [4.69, 9.17) is 14.1 Å². The number of nitro groups is 1. The molecule has 0 aliphatic heterocycles. The number of para-hydroxylation sites is 1. The number of rotatable bonds is 5. The van der Waals surface area contributed by atoms with E-state index in [1.807, 2.05) is 62.4 Å². The van der Waals surface area contributed by atoms with Crippen LogP contribution in [-0.4, -0.2) is 15.9 Å². The molecule has 204 valence electrons.